The summed E-state index contributed by atoms with van der Waals surface area (Å²) in [6.45, 7) is 8.59. The van der Waals surface area contributed by atoms with Gasteiger partial charge in [0, 0.05) is 43.3 Å². The maximum absolute atomic E-state index is 5.97. The van der Waals surface area contributed by atoms with E-state index in [2.05, 4.69) is 51.7 Å². The molecule has 0 amide bonds. The first-order chi connectivity index (χ1) is 13.7. The third-order valence-corrected chi connectivity index (χ3v) is 5.21. The molecule has 1 saturated heterocycles. The zero-order valence-electron chi connectivity index (χ0n) is 17.2. The molecule has 1 aromatic carbocycles. The van der Waals surface area contributed by atoms with Crippen molar-refractivity contribution in [2.75, 3.05) is 19.6 Å². The molecule has 6 nitrogen and oxygen atoms in total. The highest BCUT2D eigenvalue weighted by Crippen LogP contribution is 2.16. The van der Waals surface area contributed by atoms with Crippen molar-refractivity contribution >= 4 is 41.5 Å². The second kappa shape index (κ2) is 12.4. The van der Waals surface area contributed by atoms with Crippen LogP contribution < -0.4 is 10.6 Å². The van der Waals surface area contributed by atoms with Gasteiger partial charge in [-0.05, 0) is 43.9 Å². The van der Waals surface area contributed by atoms with Crippen LogP contribution in [0.4, 0.5) is 0 Å². The highest BCUT2D eigenvalue weighted by Gasteiger charge is 2.20. The number of aryl methyl sites for hydroxylation is 1. The highest BCUT2D eigenvalue weighted by atomic mass is 127. The zero-order valence-corrected chi connectivity index (χ0v) is 20.2. The molecule has 29 heavy (non-hydrogen) atoms. The van der Waals surface area contributed by atoms with Crippen LogP contribution in [0.3, 0.4) is 0 Å². The van der Waals surface area contributed by atoms with E-state index in [1.807, 2.05) is 18.2 Å². The maximum Gasteiger partial charge on any atom is 0.191 e. The summed E-state index contributed by atoms with van der Waals surface area (Å²) in [4.78, 5) is 7.15. The first kappa shape index (κ1) is 24.0. The van der Waals surface area contributed by atoms with Crippen molar-refractivity contribution in [3.8, 4) is 0 Å². The number of aromatic nitrogens is 1. The van der Waals surface area contributed by atoms with E-state index in [1.165, 1.54) is 5.56 Å². The van der Waals surface area contributed by atoms with Crippen LogP contribution in [-0.2, 0) is 19.5 Å². The van der Waals surface area contributed by atoms with E-state index in [1.54, 1.807) is 0 Å². The molecule has 2 heterocycles. The third kappa shape index (κ3) is 7.79. The molecule has 0 aliphatic carbocycles. The van der Waals surface area contributed by atoms with Gasteiger partial charge in [-0.15, -0.1) is 24.0 Å². The Balaban J connectivity index is 0.00000300. The van der Waals surface area contributed by atoms with Crippen molar-refractivity contribution in [3.05, 3.63) is 52.4 Å². The monoisotopic (exact) mass is 531 g/mol. The van der Waals surface area contributed by atoms with E-state index in [4.69, 9.17) is 16.1 Å². The molecule has 0 saturated carbocycles. The number of aliphatic imine (C=N–C) groups is 1. The Bertz CT molecular complexity index is 757. The summed E-state index contributed by atoms with van der Waals surface area (Å²) in [6.07, 6.45) is 3.07. The van der Waals surface area contributed by atoms with E-state index in [0.717, 1.165) is 67.9 Å². The van der Waals surface area contributed by atoms with Crippen LogP contribution in [0.2, 0.25) is 5.02 Å². The molecule has 2 N–H and O–H groups in total. The van der Waals surface area contributed by atoms with Crippen LogP contribution in [0.5, 0.6) is 0 Å². The summed E-state index contributed by atoms with van der Waals surface area (Å²) >= 11 is 5.97. The van der Waals surface area contributed by atoms with Gasteiger partial charge in [0.1, 0.15) is 6.54 Å². The van der Waals surface area contributed by atoms with Gasteiger partial charge in [-0.1, -0.05) is 35.8 Å². The summed E-state index contributed by atoms with van der Waals surface area (Å²) < 4.78 is 5.32. The summed E-state index contributed by atoms with van der Waals surface area (Å²) in [5, 5.41) is 11.7. The average molecular weight is 532 g/mol. The fraction of sp³-hybridized carbons (Fsp3) is 0.524. The molecule has 1 aliphatic rings. The molecule has 8 heteroatoms. The fourth-order valence-electron chi connectivity index (χ4n) is 3.35. The Morgan fingerprint density at radius 1 is 1.24 bits per heavy atom. The zero-order chi connectivity index (χ0) is 19.8. The van der Waals surface area contributed by atoms with Crippen molar-refractivity contribution in [1.82, 2.24) is 20.7 Å². The summed E-state index contributed by atoms with van der Waals surface area (Å²) in [5.41, 5.74) is 2.28. The number of rotatable bonds is 7. The molecule has 0 atom stereocenters. The van der Waals surface area contributed by atoms with Crippen LogP contribution in [0.25, 0.3) is 0 Å². The second-order valence-corrected chi connectivity index (χ2v) is 7.59. The van der Waals surface area contributed by atoms with Crippen LogP contribution in [-0.4, -0.2) is 41.7 Å². The molecule has 0 unspecified atom stereocenters. The van der Waals surface area contributed by atoms with Crippen molar-refractivity contribution < 1.29 is 4.52 Å². The van der Waals surface area contributed by atoms with Gasteiger partial charge in [0.05, 0.1) is 5.69 Å². The molecule has 2 aromatic rings. The lowest BCUT2D eigenvalue weighted by atomic mass is 10.0. The SMILES string of the molecule is CCNC(=NCc1cc(CC)no1)NC1CCN(Cc2ccc(Cl)cc2)CC1.I. The number of nitrogens with zero attached hydrogens (tertiary/aromatic N) is 3. The predicted molar refractivity (Wildman–Crippen MR) is 129 cm³/mol. The number of benzene rings is 1. The lowest BCUT2D eigenvalue weighted by Gasteiger charge is -2.33. The van der Waals surface area contributed by atoms with Gasteiger partial charge in [0.25, 0.3) is 0 Å². The highest BCUT2D eigenvalue weighted by molar-refractivity contribution is 14.0. The van der Waals surface area contributed by atoms with Crippen LogP contribution in [0, 0.1) is 0 Å². The van der Waals surface area contributed by atoms with Gasteiger partial charge in [0.15, 0.2) is 11.7 Å². The van der Waals surface area contributed by atoms with Crippen LogP contribution in [0.15, 0.2) is 39.8 Å². The number of likely N-dealkylation sites (tertiary alicyclic amines) is 1. The number of halogens is 2. The van der Waals surface area contributed by atoms with Crippen molar-refractivity contribution in [2.45, 2.75) is 52.2 Å². The Hall–Kier alpha value is -1.32. The van der Waals surface area contributed by atoms with Gasteiger partial charge in [-0.25, -0.2) is 4.99 Å². The molecular weight excluding hydrogens is 501 g/mol. The summed E-state index contributed by atoms with van der Waals surface area (Å²) in [6, 6.07) is 10.5. The summed E-state index contributed by atoms with van der Waals surface area (Å²) in [5.74, 6) is 1.64. The van der Waals surface area contributed by atoms with Gasteiger partial charge in [-0.2, -0.15) is 0 Å². The minimum absolute atomic E-state index is 0. The molecule has 0 radical (unpaired) electrons. The third-order valence-electron chi connectivity index (χ3n) is 4.96. The van der Waals surface area contributed by atoms with E-state index in [0.29, 0.717) is 12.6 Å². The van der Waals surface area contributed by atoms with Crippen molar-refractivity contribution in [2.24, 2.45) is 4.99 Å². The molecule has 1 fully saturated rings. The number of nitrogens with one attached hydrogen (secondary N) is 2. The number of hydrogen-bond donors (Lipinski definition) is 2. The Morgan fingerprint density at radius 2 is 1.97 bits per heavy atom. The topological polar surface area (TPSA) is 65.7 Å². The lowest BCUT2D eigenvalue weighted by molar-refractivity contribution is 0.198. The number of guanidine groups is 1. The largest absolute Gasteiger partial charge is 0.359 e. The average Bonchev–Trinajstić information content (AvgIpc) is 3.18. The summed E-state index contributed by atoms with van der Waals surface area (Å²) in [7, 11) is 0. The minimum atomic E-state index is 0. The van der Waals surface area contributed by atoms with Crippen LogP contribution in [0.1, 0.15) is 43.7 Å². The first-order valence-electron chi connectivity index (χ1n) is 10.1. The van der Waals surface area contributed by atoms with Crippen LogP contribution >= 0.6 is 35.6 Å². The predicted octanol–water partition coefficient (Wildman–Crippen LogP) is 4.23. The fourth-order valence-corrected chi connectivity index (χ4v) is 3.48. The van der Waals surface area contributed by atoms with Crippen molar-refractivity contribution in [3.63, 3.8) is 0 Å². The molecule has 1 aliphatic heterocycles. The first-order valence-corrected chi connectivity index (χ1v) is 10.5. The molecule has 3 rings (SSSR count). The van der Waals surface area contributed by atoms with E-state index in [-0.39, 0.29) is 24.0 Å². The molecule has 0 spiro atoms. The number of hydrogen-bond acceptors (Lipinski definition) is 4. The minimum Gasteiger partial charge on any atom is -0.359 e. The quantitative estimate of drug-likeness (QED) is 0.318. The Labute approximate surface area is 195 Å². The van der Waals surface area contributed by atoms with Gasteiger partial charge in [0.2, 0.25) is 0 Å². The second-order valence-electron chi connectivity index (χ2n) is 7.15. The molecular formula is C21H31ClIN5O. The van der Waals surface area contributed by atoms with Gasteiger partial charge in [-0.3, -0.25) is 4.90 Å². The number of piperidine rings is 1. The lowest BCUT2D eigenvalue weighted by Crippen LogP contribution is -2.48. The van der Waals surface area contributed by atoms with Crippen molar-refractivity contribution in [1.29, 1.82) is 0 Å². The maximum atomic E-state index is 5.97. The molecule has 160 valence electrons. The van der Waals surface area contributed by atoms with Gasteiger partial charge >= 0.3 is 0 Å². The smallest absolute Gasteiger partial charge is 0.191 e. The molecule has 1 aromatic heterocycles. The van der Waals surface area contributed by atoms with E-state index < -0.39 is 0 Å². The van der Waals surface area contributed by atoms with E-state index >= 15 is 0 Å². The normalized spacial score (nSPS) is 15.8. The molecule has 0 bridgehead atoms. The van der Waals surface area contributed by atoms with Gasteiger partial charge < -0.3 is 15.2 Å². The Morgan fingerprint density at radius 3 is 2.59 bits per heavy atom. The standard InChI is InChI=1S/C21H30ClN5O.HI/c1-3-18-13-20(28-26-18)14-24-21(23-4-2)25-19-9-11-27(12-10-19)15-16-5-7-17(22)8-6-16;/h5-8,13,19H,3-4,9-12,14-15H2,1-2H3,(H2,23,24,25);1H. The Kier molecular flexibility index (Phi) is 10.2. The van der Waals surface area contributed by atoms with E-state index in [9.17, 15) is 0 Å².